The number of fused-ring (bicyclic) bond motifs is 1. The fraction of sp³-hybridized carbons (Fsp3) is 0.481. The molecular formula is C27H35N3O4. The number of hydrogen-bond acceptors (Lipinski definition) is 5. The molecule has 0 radical (unpaired) electrons. The Balaban J connectivity index is 1.64. The first kappa shape index (κ1) is 24.2. The summed E-state index contributed by atoms with van der Waals surface area (Å²) in [4.78, 5) is 30.0. The molecule has 3 atom stereocenters. The Hall–Kier alpha value is -2.90. The van der Waals surface area contributed by atoms with E-state index in [-0.39, 0.29) is 42.4 Å². The lowest BCUT2D eigenvalue weighted by molar-refractivity contribution is -0.117. The van der Waals surface area contributed by atoms with E-state index in [1.54, 1.807) is 23.1 Å². The van der Waals surface area contributed by atoms with Crippen LogP contribution < -0.4 is 10.1 Å². The number of aliphatic hydroxyl groups is 1. The third-order valence-corrected chi connectivity index (χ3v) is 6.68. The second-order valence-corrected chi connectivity index (χ2v) is 9.75. The molecular weight excluding hydrogens is 430 g/mol. The fourth-order valence-electron chi connectivity index (χ4n) is 4.41. The third kappa shape index (κ3) is 5.59. The summed E-state index contributed by atoms with van der Waals surface area (Å²) in [6, 6.07) is 15.2. The molecule has 7 heteroatoms. The van der Waals surface area contributed by atoms with Gasteiger partial charge in [-0.1, -0.05) is 43.3 Å². The van der Waals surface area contributed by atoms with Gasteiger partial charge in [-0.25, -0.2) is 0 Å². The van der Waals surface area contributed by atoms with Crippen molar-refractivity contribution in [1.82, 2.24) is 9.80 Å². The van der Waals surface area contributed by atoms with Crippen molar-refractivity contribution >= 4 is 17.5 Å². The lowest BCUT2D eigenvalue weighted by Crippen LogP contribution is -2.49. The van der Waals surface area contributed by atoms with E-state index >= 15 is 0 Å². The van der Waals surface area contributed by atoms with Gasteiger partial charge in [-0.2, -0.15) is 0 Å². The van der Waals surface area contributed by atoms with Gasteiger partial charge < -0.3 is 20.1 Å². The van der Waals surface area contributed by atoms with E-state index in [1.165, 1.54) is 5.56 Å². The lowest BCUT2D eigenvalue weighted by Gasteiger charge is -2.38. The highest BCUT2D eigenvalue weighted by Crippen LogP contribution is 2.37. The summed E-state index contributed by atoms with van der Waals surface area (Å²) in [6.45, 7) is 5.70. The van der Waals surface area contributed by atoms with Gasteiger partial charge in [0.05, 0.1) is 23.9 Å². The van der Waals surface area contributed by atoms with E-state index in [0.29, 0.717) is 30.1 Å². The number of para-hydroxylation sites is 1. The summed E-state index contributed by atoms with van der Waals surface area (Å²) in [5.74, 6) is 0.246. The maximum absolute atomic E-state index is 13.5. The second kappa shape index (κ2) is 10.6. The van der Waals surface area contributed by atoms with Crippen LogP contribution in [-0.2, 0) is 11.3 Å². The van der Waals surface area contributed by atoms with Crippen LogP contribution in [0, 0.1) is 11.8 Å². The fourth-order valence-corrected chi connectivity index (χ4v) is 4.41. The molecule has 1 aliphatic heterocycles. The predicted molar refractivity (Wildman–Crippen MR) is 132 cm³/mol. The van der Waals surface area contributed by atoms with Crippen molar-refractivity contribution in [2.24, 2.45) is 11.8 Å². The molecule has 34 heavy (non-hydrogen) atoms. The molecule has 2 aliphatic rings. The normalized spacial score (nSPS) is 21.3. The van der Waals surface area contributed by atoms with Crippen molar-refractivity contribution in [2.45, 2.75) is 45.4 Å². The van der Waals surface area contributed by atoms with Crippen LogP contribution in [0.1, 0.15) is 42.6 Å². The van der Waals surface area contributed by atoms with E-state index in [9.17, 15) is 14.7 Å². The van der Waals surface area contributed by atoms with Gasteiger partial charge in [-0.15, -0.1) is 0 Å². The average Bonchev–Trinajstić information content (AvgIpc) is 3.67. The molecule has 2 aromatic carbocycles. The number of nitrogens with zero attached hydrogens (tertiary/aromatic N) is 2. The van der Waals surface area contributed by atoms with E-state index in [2.05, 4.69) is 36.3 Å². The molecule has 1 aliphatic carbocycles. The number of rotatable bonds is 8. The Kier molecular flexibility index (Phi) is 7.54. The van der Waals surface area contributed by atoms with Crippen molar-refractivity contribution in [2.75, 3.05) is 32.1 Å². The van der Waals surface area contributed by atoms with Crippen LogP contribution >= 0.6 is 0 Å². The third-order valence-electron chi connectivity index (χ3n) is 6.68. The number of nitrogens with one attached hydrogen (secondary N) is 1. The summed E-state index contributed by atoms with van der Waals surface area (Å²) in [6.07, 6.45) is 1.58. The molecule has 0 saturated heterocycles. The average molecular weight is 466 g/mol. The van der Waals surface area contributed by atoms with Crippen molar-refractivity contribution < 1.29 is 19.4 Å². The van der Waals surface area contributed by atoms with Gasteiger partial charge >= 0.3 is 0 Å². The smallest absolute Gasteiger partial charge is 0.258 e. The number of aliphatic hydroxyl groups excluding tert-OH is 1. The van der Waals surface area contributed by atoms with Crippen molar-refractivity contribution in [3.63, 3.8) is 0 Å². The van der Waals surface area contributed by atoms with Gasteiger partial charge in [0.1, 0.15) is 6.10 Å². The van der Waals surface area contributed by atoms with Gasteiger partial charge in [0, 0.05) is 31.5 Å². The van der Waals surface area contributed by atoms with Gasteiger partial charge in [0.25, 0.3) is 5.91 Å². The number of carbonyl (C=O) groups excluding carboxylic acids is 2. The first-order chi connectivity index (χ1) is 16.4. The predicted octanol–water partition coefficient (Wildman–Crippen LogP) is 3.39. The molecule has 2 amide bonds. The maximum atomic E-state index is 13.5. The maximum Gasteiger partial charge on any atom is 0.258 e. The van der Waals surface area contributed by atoms with Crippen molar-refractivity contribution in [3.8, 4) is 5.75 Å². The summed E-state index contributed by atoms with van der Waals surface area (Å²) < 4.78 is 6.56. The molecule has 2 aromatic rings. The van der Waals surface area contributed by atoms with Gasteiger partial charge in [-0.3, -0.25) is 14.5 Å². The number of anilines is 1. The summed E-state index contributed by atoms with van der Waals surface area (Å²) >= 11 is 0. The quantitative estimate of drug-likeness (QED) is 0.625. The second-order valence-electron chi connectivity index (χ2n) is 9.75. The Bertz CT molecular complexity index is 1010. The molecule has 0 unspecified atom stereocenters. The Morgan fingerprint density at radius 3 is 2.62 bits per heavy atom. The van der Waals surface area contributed by atoms with E-state index in [1.807, 2.05) is 25.1 Å². The number of hydrogen-bond donors (Lipinski definition) is 2. The molecule has 182 valence electrons. The van der Waals surface area contributed by atoms with Gasteiger partial charge in [0.2, 0.25) is 5.91 Å². The van der Waals surface area contributed by atoms with Gasteiger partial charge in [0.15, 0.2) is 5.75 Å². The highest BCUT2D eigenvalue weighted by molar-refractivity contribution is 6.02. The van der Waals surface area contributed by atoms with Gasteiger partial charge in [-0.05, 0) is 44.5 Å². The van der Waals surface area contributed by atoms with Crippen LogP contribution in [0.5, 0.6) is 5.75 Å². The molecule has 0 aromatic heterocycles. The number of likely N-dealkylation sites (N-methyl/N-ethyl adjacent to an activating group) is 1. The molecule has 4 rings (SSSR count). The highest BCUT2D eigenvalue weighted by atomic mass is 16.5. The molecule has 1 fully saturated rings. The lowest BCUT2D eigenvalue weighted by atomic mass is 9.98. The highest BCUT2D eigenvalue weighted by Gasteiger charge is 2.35. The first-order valence-corrected chi connectivity index (χ1v) is 12.1. The topological polar surface area (TPSA) is 82.1 Å². The molecule has 0 spiro atoms. The minimum absolute atomic E-state index is 0.0107. The minimum atomic E-state index is -0.326. The van der Waals surface area contributed by atoms with Crippen LogP contribution in [0.4, 0.5) is 5.69 Å². The zero-order valence-electron chi connectivity index (χ0n) is 20.2. The van der Waals surface area contributed by atoms with Crippen molar-refractivity contribution in [3.05, 3.63) is 59.7 Å². The minimum Gasteiger partial charge on any atom is -0.486 e. The summed E-state index contributed by atoms with van der Waals surface area (Å²) in [7, 11) is 2.06. The Morgan fingerprint density at radius 2 is 1.94 bits per heavy atom. The standard InChI is InChI=1S/C27H35N3O4/c1-18-14-30(19(2)17-31)27(33)22-10-7-11-23(28-26(32)21-12-13-21)25(22)34-24(18)16-29(3)15-20-8-5-4-6-9-20/h4-11,18-19,21,24,31H,12-17H2,1-3H3,(H,28,32)/t18-,19+,24+/m1/s1. The first-order valence-electron chi connectivity index (χ1n) is 12.1. The summed E-state index contributed by atoms with van der Waals surface area (Å²) in [5, 5.41) is 12.8. The number of ether oxygens (including phenoxy) is 1. The van der Waals surface area contributed by atoms with E-state index < -0.39 is 0 Å². The van der Waals surface area contributed by atoms with Crippen molar-refractivity contribution in [1.29, 1.82) is 0 Å². The Morgan fingerprint density at radius 1 is 1.21 bits per heavy atom. The SMILES string of the molecule is C[C@@H]1CN([C@@H](C)CO)C(=O)c2cccc(NC(=O)C3CC3)c2O[C@H]1CN(C)Cc1ccccc1. The number of carbonyl (C=O) groups is 2. The molecule has 0 bridgehead atoms. The Labute approximate surface area is 201 Å². The van der Waals surface area contributed by atoms with Crippen LogP contribution in [0.2, 0.25) is 0 Å². The van der Waals surface area contributed by atoms with Crippen LogP contribution in [-0.4, -0.2) is 65.6 Å². The molecule has 7 nitrogen and oxygen atoms in total. The monoisotopic (exact) mass is 465 g/mol. The number of amides is 2. The van der Waals surface area contributed by atoms with E-state index in [4.69, 9.17) is 4.74 Å². The molecule has 2 N–H and O–H groups in total. The zero-order chi connectivity index (χ0) is 24.2. The van der Waals surface area contributed by atoms with Crippen LogP contribution in [0.15, 0.2) is 48.5 Å². The zero-order valence-corrected chi connectivity index (χ0v) is 20.2. The van der Waals surface area contributed by atoms with Crippen LogP contribution in [0.25, 0.3) is 0 Å². The number of benzene rings is 2. The van der Waals surface area contributed by atoms with E-state index in [0.717, 1.165) is 19.4 Å². The largest absolute Gasteiger partial charge is 0.486 e. The summed E-state index contributed by atoms with van der Waals surface area (Å²) in [5.41, 5.74) is 2.16. The molecule has 1 saturated carbocycles. The van der Waals surface area contributed by atoms with Crippen LogP contribution in [0.3, 0.4) is 0 Å². The molecule has 1 heterocycles.